The first-order chi connectivity index (χ1) is 13.1. The Morgan fingerprint density at radius 1 is 1.11 bits per heavy atom. The second-order valence-corrected chi connectivity index (χ2v) is 6.74. The van der Waals surface area contributed by atoms with Gasteiger partial charge >= 0.3 is 0 Å². The van der Waals surface area contributed by atoms with Gasteiger partial charge in [0.15, 0.2) is 0 Å². The van der Waals surface area contributed by atoms with E-state index in [1.807, 2.05) is 65.5 Å². The predicted molar refractivity (Wildman–Crippen MR) is 109 cm³/mol. The molecular weight excluding hydrogens is 336 g/mol. The van der Waals surface area contributed by atoms with Gasteiger partial charge in [-0.1, -0.05) is 18.2 Å². The van der Waals surface area contributed by atoms with Crippen molar-refractivity contribution in [1.29, 1.82) is 0 Å². The summed E-state index contributed by atoms with van der Waals surface area (Å²) in [4.78, 5) is 14.7. The molecule has 0 unspecified atom stereocenters. The number of hydrogen-bond donors (Lipinski definition) is 1. The summed E-state index contributed by atoms with van der Waals surface area (Å²) in [5, 5.41) is 7.31. The molecule has 1 amide bonds. The molecule has 27 heavy (non-hydrogen) atoms. The lowest BCUT2D eigenvalue weighted by Crippen LogP contribution is -2.30. The third kappa shape index (κ3) is 4.56. The van der Waals surface area contributed by atoms with Crippen LogP contribution in [-0.2, 0) is 6.54 Å². The van der Waals surface area contributed by atoms with E-state index in [1.165, 1.54) is 0 Å². The molecule has 5 heteroatoms. The van der Waals surface area contributed by atoms with Gasteiger partial charge in [-0.25, -0.2) is 4.68 Å². The highest BCUT2D eigenvalue weighted by molar-refractivity contribution is 5.94. The number of rotatable bonds is 7. The summed E-state index contributed by atoms with van der Waals surface area (Å²) >= 11 is 0. The average molecular weight is 362 g/mol. The van der Waals surface area contributed by atoms with E-state index in [0.29, 0.717) is 18.2 Å². The first kappa shape index (κ1) is 18.7. The molecule has 1 heterocycles. The summed E-state index contributed by atoms with van der Waals surface area (Å²) in [6.07, 6.45) is 3.71. The van der Waals surface area contributed by atoms with Gasteiger partial charge in [0, 0.05) is 42.1 Å². The van der Waals surface area contributed by atoms with Crippen LogP contribution >= 0.6 is 0 Å². The maximum Gasteiger partial charge on any atom is 0.251 e. The summed E-state index contributed by atoms with van der Waals surface area (Å²) in [7, 11) is 0. The van der Waals surface area contributed by atoms with E-state index < -0.39 is 0 Å². The van der Waals surface area contributed by atoms with Crippen molar-refractivity contribution in [3.05, 3.63) is 78.1 Å². The van der Waals surface area contributed by atoms with Crippen LogP contribution < -0.4 is 10.2 Å². The minimum absolute atomic E-state index is 0.0818. The number of anilines is 1. The van der Waals surface area contributed by atoms with Gasteiger partial charge in [0.1, 0.15) is 0 Å². The minimum Gasteiger partial charge on any atom is -0.369 e. The van der Waals surface area contributed by atoms with E-state index >= 15 is 0 Å². The van der Waals surface area contributed by atoms with Gasteiger partial charge in [-0.15, -0.1) is 0 Å². The molecule has 0 bridgehead atoms. The molecule has 0 saturated heterocycles. The van der Waals surface area contributed by atoms with Crippen LogP contribution in [0.3, 0.4) is 0 Å². The van der Waals surface area contributed by atoms with Crippen LogP contribution in [0.25, 0.3) is 5.69 Å². The third-order valence-electron chi connectivity index (χ3n) is 4.54. The molecule has 0 atom stereocenters. The van der Waals surface area contributed by atoms with Crippen molar-refractivity contribution in [2.45, 2.75) is 33.4 Å². The average Bonchev–Trinajstić information content (AvgIpc) is 3.17. The Morgan fingerprint density at radius 3 is 2.44 bits per heavy atom. The molecule has 0 aliphatic carbocycles. The van der Waals surface area contributed by atoms with Gasteiger partial charge < -0.3 is 10.2 Å². The Balaban J connectivity index is 1.60. The standard InChI is InChI=1S/C22H26N4O/c1-4-25(17(2)3)20-12-10-19(11-13-20)22(27)23-14-18-15-24-26(16-18)21-8-6-5-7-9-21/h5-13,15-17H,4,14H2,1-3H3,(H,23,27). The van der Waals surface area contributed by atoms with Crippen molar-refractivity contribution in [2.24, 2.45) is 0 Å². The second kappa shape index (κ2) is 8.54. The van der Waals surface area contributed by atoms with Crippen molar-refractivity contribution in [3.63, 3.8) is 0 Å². The number of carbonyl (C=O) groups is 1. The molecule has 0 fully saturated rings. The quantitative estimate of drug-likeness (QED) is 0.690. The van der Waals surface area contributed by atoms with Crippen molar-refractivity contribution in [1.82, 2.24) is 15.1 Å². The molecule has 2 aromatic carbocycles. The fraction of sp³-hybridized carbons (Fsp3) is 0.273. The van der Waals surface area contributed by atoms with Gasteiger partial charge in [0.25, 0.3) is 5.91 Å². The van der Waals surface area contributed by atoms with E-state index in [-0.39, 0.29) is 5.91 Å². The number of para-hydroxylation sites is 1. The van der Waals surface area contributed by atoms with E-state index in [0.717, 1.165) is 23.5 Å². The van der Waals surface area contributed by atoms with Crippen LogP contribution in [0.2, 0.25) is 0 Å². The maximum absolute atomic E-state index is 12.4. The van der Waals surface area contributed by atoms with Crippen LogP contribution in [0, 0.1) is 0 Å². The Bertz CT molecular complexity index is 869. The number of nitrogens with one attached hydrogen (secondary N) is 1. The lowest BCUT2D eigenvalue weighted by Gasteiger charge is -2.27. The minimum atomic E-state index is -0.0818. The Labute approximate surface area is 160 Å². The smallest absolute Gasteiger partial charge is 0.251 e. The monoisotopic (exact) mass is 362 g/mol. The van der Waals surface area contributed by atoms with Crippen molar-refractivity contribution in [2.75, 3.05) is 11.4 Å². The van der Waals surface area contributed by atoms with Gasteiger partial charge in [-0.3, -0.25) is 4.79 Å². The topological polar surface area (TPSA) is 50.2 Å². The highest BCUT2D eigenvalue weighted by Crippen LogP contribution is 2.17. The summed E-state index contributed by atoms with van der Waals surface area (Å²) in [5.41, 5.74) is 3.75. The van der Waals surface area contributed by atoms with E-state index in [4.69, 9.17) is 0 Å². The summed E-state index contributed by atoms with van der Waals surface area (Å²) in [5.74, 6) is -0.0818. The van der Waals surface area contributed by atoms with Crippen LogP contribution in [0.4, 0.5) is 5.69 Å². The predicted octanol–water partition coefficient (Wildman–Crippen LogP) is 4.04. The molecule has 1 aromatic heterocycles. The first-order valence-corrected chi connectivity index (χ1v) is 9.32. The maximum atomic E-state index is 12.4. The third-order valence-corrected chi connectivity index (χ3v) is 4.54. The molecule has 0 spiro atoms. The summed E-state index contributed by atoms with van der Waals surface area (Å²) < 4.78 is 1.81. The van der Waals surface area contributed by atoms with Crippen LogP contribution in [0.15, 0.2) is 67.0 Å². The number of benzene rings is 2. The number of hydrogen-bond acceptors (Lipinski definition) is 3. The lowest BCUT2D eigenvalue weighted by molar-refractivity contribution is 0.0951. The normalized spacial score (nSPS) is 10.8. The van der Waals surface area contributed by atoms with Crippen LogP contribution in [-0.4, -0.2) is 28.3 Å². The lowest BCUT2D eigenvalue weighted by atomic mass is 10.1. The van der Waals surface area contributed by atoms with Crippen LogP contribution in [0.1, 0.15) is 36.7 Å². The summed E-state index contributed by atoms with van der Waals surface area (Å²) in [6.45, 7) is 7.85. The van der Waals surface area contributed by atoms with Gasteiger partial charge in [0.2, 0.25) is 0 Å². The highest BCUT2D eigenvalue weighted by atomic mass is 16.1. The zero-order valence-corrected chi connectivity index (χ0v) is 16.1. The molecular formula is C22H26N4O. The van der Waals surface area contributed by atoms with Crippen LogP contribution in [0.5, 0.6) is 0 Å². The second-order valence-electron chi connectivity index (χ2n) is 6.74. The fourth-order valence-corrected chi connectivity index (χ4v) is 3.11. The van der Waals surface area contributed by atoms with E-state index in [2.05, 4.69) is 36.1 Å². The van der Waals surface area contributed by atoms with Gasteiger partial charge in [0.05, 0.1) is 11.9 Å². The number of aromatic nitrogens is 2. The molecule has 3 aromatic rings. The molecule has 5 nitrogen and oxygen atoms in total. The molecule has 140 valence electrons. The Morgan fingerprint density at radius 2 is 1.81 bits per heavy atom. The summed E-state index contributed by atoms with van der Waals surface area (Å²) in [6, 6.07) is 18.1. The zero-order valence-electron chi connectivity index (χ0n) is 16.1. The van der Waals surface area contributed by atoms with Crippen molar-refractivity contribution < 1.29 is 4.79 Å². The Hall–Kier alpha value is -3.08. The van der Waals surface area contributed by atoms with Crippen molar-refractivity contribution in [3.8, 4) is 5.69 Å². The number of amides is 1. The molecule has 1 N–H and O–H groups in total. The fourth-order valence-electron chi connectivity index (χ4n) is 3.11. The molecule has 0 radical (unpaired) electrons. The molecule has 3 rings (SSSR count). The first-order valence-electron chi connectivity index (χ1n) is 9.32. The Kier molecular flexibility index (Phi) is 5.91. The number of nitrogens with zero attached hydrogens (tertiary/aromatic N) is 3. The molecule has 0 saturated carbocycles. The zero-order chi connectivity index (χ0) is 19.2. The van der Waals surface area contributed by atoms with Gasteiger partial charge in [-0.05, 0) is 57.2 Å². The van der Waals surface area contributed by atoms with E-state index in [1.54, 1.807) is 6.20 Å². The highest BCUT2D eigenvalue weighted by Gasteiger charge is 2.10. The largest absolute Gasteiger partial charge is 0.369 e. The number of carbonyl (C=O) groups excluding carboxylic acids is 1. The molecule has 0 aliphatic heterocycles. The van der Waals surface area contributed by atoms with Crippen molar-refractivity contribution >= 4 is 11.6 Å². The molecule has 0 aliphatic rings. The SMILES string of the molecule is CCN(c1ccc(C(=O)NCc2cnn(-c3ccccc3)c2)cc1)C(C)C. The van der Waals surface area contributed by atoms with E-state index in [9.17, 15) is 4.79 Å². The van der Waals surface area contributed by atoms with Gasteiger partial charge in [-0.2, -0.15) is 5.10 Å².